The van der Waals surface area contributed by atoms with Gasteiger partial charge in [0, 0.05) is 11.3 Å². The summed E-state index contributed by atoms with van der Waals surface area (Å²) in [4.78, 5) is 0. The van der Waals surface area contributed by atoms with Crippen LogP contribution in [0.1, 0.15) is 23.8 Å². The lowest BCUT2D eigenvalue weighted by atomic mass is 10.1. The van der Waals surface area contributed by atoms with Gasteiger partial charge in [-0.25, -0.2) is 0 Å². The molecular formula is C15H13NO. The van der Waals surface area contributed by atoms with Crippen LogP contribution in [-0.4, -0.2) is 0 Å². The second kappa shape index (κ2) is 4.63. The Morgan fingerprint density at radius 2 is 1.88 bits per heavy atom. The van der Waals surface area contributed by atoms with Crippen LogP contribution in [0.15, 0.2) is 47.6 Å². The van der Waals surface area contributed by atoms with Gasteiger partial charge in [0.25, 0.3) is 0 Å². The number of para-hydroxylation sites is 1. The molecule has 0 atom stereocenters. The summed E-state index contributed by atoms with van der Waals surface area (Å²) < 4.78 is 5.31. The summed E-state index contributed by atoms with van der Waals surface area (Å²) in [7, 11) is 0. The number of nitrogen functional groups attached to an aromatic ring is 1. The quantitative estimate of drug-likeness (QED) is 0.595. The zero-order valence-corrected chi connectivity index (χ0v) is 9.66. The summed E-state index contributed by atoms with van der Waals surface area (Å²) in [5.41, 5.74) is 9.01. The summed E-state index contributed by atoms with van der Waals surface area (Å²) in [5.74, 6) is 6.81. The van der Waals surface area contributed by atoms with Crippen molar-refractivity contribution in [2.24, 2.45) is 0 Å². The van der Waals surface area contributed by atoms with Crippen LogP contribution >= 0.6 is 0 Å². The molecule has 2 nitrogen and oxygen atoms in total. The van der Waals surface area contributed by atoms with Crippen molar-refractivity contribution in [3.05, 3.63) is 60.1 Å². The molecule has 0 bridgehead atoms. The van der Waals surface area contributed by atoms with Crippen LogP contribution in [0.5, 0.6) is 0 Å². The first-order chi connectivity index (χ1) is 8.18. The van der Waals surface area contributed by atoms with E-state index in [2.05, 4.69) is 18.4 Å². The van der Waals surface area contributed by atoms with E-state index in [4.69, 9.17) is 10.2 Å². The van der Waals surface area contributed by atoms with E-state index in [9.17, 15) is 0 Å². The topological polar surface area (TPSA) is 39.2 Å². The molecule has 0 radical (unpaired) electrons. The maximum Gasteiger partial charge on any atom is 0.144 e. The second-order valence-corrected chi connectivity index (χ2v) is 3.78. The van der Waals surface area contributed by atoms with E-state index in [0.29, 0.717) is 5.69 Å². The molecule has 0 aliphatic carbocycles. The summed E-state index contributed by atoms with van der Waals surface area (Å²) >= 11 is 0. The summed E-state index contributed by atoms with van der Waals surface area (Å²) in [6.07, 6.45) is 1.61. The highest BCUT2D eigenvalue weighted by Crippen LogP contribution is 2.18. The minimum Gasteiger partial charge on any atom is -0.463 e. The normalized spacial score (nSPS) is 9.47. The van der Waals surface area contributed by atoms with Crippen LogP contribution in [0.25, 0.3) is 5.57 Å². The van der Waals surface area contributed by atoms with Crippen molar-refractivity contribution in [3.8, 4) is 11.8 Å². The molecule has 84 valence electrons. The van der Waals surface area contributed by atoms with Crippen LogP contribution in [0.2, 0.25) is 0 Å². The van der Waals surface area contributed by atoms with Crippen molar-refractivity contribution in [3.63, 3.8) is 0 Å². The third-order valence-corrected chi connectivity index (χ3v) is 2.35. The Kier molecular flexibility index (Phi) is 3.02. The summed E-state index contributed by atoms with van der Waals surface area (Å²) in [5, 5.41) is 0. The average Bonchev–Trinajstić information content (AvgIpc) is 2.76. The number of hydrogen-bond acceptors (Lipinski definition) is 2. The van der Waals surface area contributed by atoms with Gasteiger partial charge in [-0.3, -0.25) is 0 Å². The van der Waals surface area contributed by atoms with E-state index < -0.39 is 0 Å². The van der Waals surface area contributed by atoms with E-state index >= 15 is 0 Å². The van der Waals surface area contributed by atoms with Crippen LogP contribution in [-0.2, 0) is 0 Å². The van der Waals surface area contributed by atoms with Gasteiger partial charge in [0.15, 0.2) is 0 Å². The smallest absolute Gasteiger partial charge is 0.144 e. The van der Waals surface area contributed by atoms with Gasteiger partial charge in [-0.1, -0.05) is 30.6 Å². The van der Waals surface area contributed by atoms with E-state index in [0.717, 1.165) is 22.5 Å². The van der Waals surface area contributed by atoms with Crippen molar-refractivity contribution < 1.29 is 4.42 Å². The Morgan fingerprint density at radius 1 is 1.18 bits per heavy atom. The maximum absolute atomic E-state index is 5.81. The minimum atomic E-state index is 0.681. The number of hydrogen-bond donors (Lipinski definition) is 1. The highest BCUT2D eigenvalue weighted by Gasteiger charge is 2.03. The largest absolute Gasteiger partial charge is 0.463 e. The standard InChI is InChI=1S/C15H13NO/c1-11(2)15-13(9-10-17-15)8-7-12-5-3-4-6-14(12)16/h3-6,9-10H,1,16H2,2H3. The predicted octanol–water partition coefficient (Wildman–Crippen LogP) is 3.29. The average molecular weight is 223 g/mol. The summed E-state index contributed by atoms with van der Waals surface area (Å²) in [6.45, 7) is 5.73. The van der Waals surface area contributed by atoms with E-state index in [1.807, 2.05) is 37.3 Å². The lowest BCUT2D eigenvalue weighted by Crippen LogP contribution is -1.88. The van der Waals surface area contributed by atoms with E-state index in [1.54, 1.807) is 6.26 Å². The first-order valence-electron chi connectivity index (χ1n) is 5.28. The third-order valence-electron chi connectivity index (χ3n) is 2.35. The van der Waals surface area contributed by atoms with Crippen molar-refractivity contribution >= 4 is 11.3 Å². The van der Waals surface area contributed by atoms with Crippen LogP contribution in [0.4, 0.5) is 5.69 Å². The van der Waals surface area contributed by atoms with Gasteiger partial charge in [0.2, 0.25) is 0 Å². The van der Waals surface area contributed by atoms with Crippen molar-refractivity contribution in [2.75, 3.05) is 5.73 Å². The number of furan rings is 1. The fraction of sp³-hybridized carbons (Fsp3) is 0.0667. The molecule has 1 aromatic heterocycles. The van der Waals surface area contributed by atoms with Gasteiger partial charge >= 0.3 is 0 Å². The van der Waals surface area contributed by atoms with Crippen molar-refractivity contribution in [1.82, 2.24) is 0 Å². The van der Waals surface area contributed by atoms with Crippen molar-refractivity contribution in [1.29, 1.82) is 0 Å². The number of anilines is 1. The fourth-order valence-corrected chi connectivity index (χ4v) is 1.48. The molecule has 0 amide bonds. The van der Waals surface area contributed by atoms with Gasteiger partial charge in [-0.2, -0.15) is 0 Å². The van der Waals surface area contributed by atoms with Gasteiger partial charge < -0.3 is 10.2 Å². The van der Waals surface area contributed by atoms with Crippen molar-refractivity contribution in [2.45, 2.75) is 6.92 Å². The molecule has 0 spiro atoms. The lowest BCUT2D eigenvalue weighted by Gasteiger charge is -1.96. The number of rotatable bonds is 1. The van der Waals surface area contributed by atoms with Gasteiger partial charge in [0.1, 0.15) is 5.76 Å². The molecule has 2 rings (SSSR count). The fourth-order valence-electron chi connectivity index (χ4n) is 1.48. The lowest BCUT2D eigenvalue weighted by molar-refractivity contribution is 0.552. The first kappa shape index (κ1) is 11.1. The van der Waals surface area contributed by atoms with Gasteiger partial charge in [-0.15, -0.1) is 0 Å². The van der Waals surface area contributed by atoms with Gasteiger partial charge in [-0.05, 0) is 30.7 Å². The molecule has 2 aromatic rings. The first-order valence-corrected chi connectivity index (χ1v) is 5.28. The Hall–Kier alpha value is -2.40. The molecule has 0 unspecified atom stereocenters. The molecule has 1 heterocycles. The summed E-state index contributed by atoms with van der Waals surface area (Å²) in [6, 6.07) is 9.35. The highest BCUT2D eigenvalue weighted by atomic mass is 16.3. The van der Waals surface area contributed by atoms with Crippen LogP contribution in [0, 0.1) is 11.8 Å². The molecule has 17 heavy (non-hydrogen) atoms. The van der Waals surface area contributed by atoms with Crippen LogP contribution < -0.4 is 5.73 Å². The molecule has 0 aliphatic heterocycles. The molecule has 2 heteroatoms. The van der Waals surface area contributed by atoms with E-state index in [1.165, 1.54) is 0 Å². The Labute approximate surface area is 101 Å². The predicted molar refractivity (Wildman–Crippen MR) is 70.3 cm³/mol. The zero-order valence-electron chi connectivity index (χ0n) is 9.66. The molecule has 2 N–H and O–H groups in total. The zero-order chi connectivity index (χ0) is 12.3. The second-order valence-electron chi connectivity index (χ2n) is 3.78. The Morgan fingerprint density at radius 3 is 2.59 bits per heavy atom. The Bertz CT molecular complexity index is 611. The van der Waals surface area contributed by atoms with E-state index in [-0.39, 0.29) is 0 Å². The SMILES string of the molecule is C=C(C)c1occc1C#Cc1ccccc1N. The number of nitrogens with two attached hydrogens (primary N) is 1. The minimum absolute atomic E-state index is 0.681. The molecule has 0 saturated heterocycles. The monoisotopic (exact) mass is 223 g/mol. The Balaban J connectivity index is 2.37. The highest BCUT2D eigenvalue weighted by molar-refractivity contribution is 5.65. The maximum atomic E-state index is 5.81. The van der Waals surface area contributed by atoms with Crippen LogP contribution in [0.3, 0.4) is 0 Å². The molecule has 0 aliphatic rings. The molecular weight excluding hydrogens is 210 g/mol. The molecule has 0 fully saturated rings. The molecule has 0 saturated carbocycles. The third kappa shape index (κ3) is 2.40. The van der Waals surface area contributed by atoms with Gasteiger partial charge in [0.05, 0.1) is 11.8 Å². The number of benzene rings is 1. The number of allylic oxidation sites excluding steroid dienone is 1. The molecule has 1 aromatic carbocycles.